The summed E-state index contributed by atoms with van der Waals surface area (Å²) >= 11 is 0. The second-order valence-electron chi connectivity index (χ2n) is 11.2. The van der Waals surface area contributed by atoms with Crippen molar-refractivity contribution in [3.8, 4) is 0 Å². The molecule has 0 amide bonds. The minimum atomic E-state index is -1.17. The van der Waals surface area contributed by atoms with Crippen LogP contribution in [0.3, 0.4) is 0 Å². The standard InChI is InChI=1S/C29H44O3/c1-19(2)20(3)9-10-22(5)26-15-16-27-23(8-7-17-29(26,27)6)12-13-24-18-25(32-28(30)31)14-11-21(24)4/h9-10,12-13,19-20,22,25-27H,4,7-8,11,14-18H2,1-3,5-6H3,(H,30,31)/b10-9+,23-12+,24-13-/t20-,22+,25-,26+,27?,29+/m0/s1. The molecule has 3 aliphatic rings. The van der Waals surface area contributed by atoms with E-state index in [-0.39, 0.29) is 6.10 Å². The van der Waals surface area contributed by atoms with Gasteiger partial charge >= 0.3 is 6.16 Å². The highest BCUT2D eigenvalue weighted by Gasteiger charge is 2.50. The van der Waals surface area contributed by atoms with Gasteiger partial charge in [-0.25, -0.2) is 4.79 Å². The lowest BCUT2D eigenvalue weighted by molar-refractivity contribution is 0.0460. The molecule has 0 aromatic carbocycles. The van der Waals surface area contributed by atoms with Crippen LogP contribution in [0.4, 0.5) is 4.79 Å². The van der Waals surface area contributed by atoms with Crippen molar-refractivity contribution in [3.05, 3.63) is 47.6 Å². The molecule has 0 saturated heterocycles. The predicted octanol–water partition coefficient (Wildman–Crippen LogP) is 8.34. The normalized spacial score (nSPS) is 35.4. The summed E-state index contributed by atoms with van der Waals surface area (Å²) in [6, 6.07) is 0. The van der Waals surface area contributed by atoms with Crippen molar-refractivity contribution in [2.45, 2.75) is 92.1 Å². The lowest BCUT2D eigenvalue weighted by Gasteiger charge is -2.44. The molecule has 0 heterocycles. The van der Waals surface area contributed by atoms with Crippen LogP contribution in [0.2, 0.25) is 0 Å². The maximum absolute atomic E-state index is 10.9. The van der Waals surface area contributed by atoms with Crippen LogP contribution in [0, 0.1) is 35.0 Å². The summed E-state index contributed by atoms with van der Waals surface area (Å²) in [5, 5.41) is 8.97. The number of ether oxygens (including phenoxy) is 1. The summed E-state index contributed by atoms with van der Waals surface area (Å²) in [5.41, 5.74) is 4.27. The summed E-state index contributed by atoms with van der Waals surface area (Å²) in [6.45, 7) is 16.1. The van der Waals surface area contributed by atoms with Crippen molar-refractivity contribution in [2.75, 3.05) is 0 Å². The molecule has 0 aromatic heterocycles. The number of fused-ring (bicyclic) bond motifs is 1. The van der Waals surface area contributed by atoms with Gasteiger partial charge in [0.1, 0.15) is 6.10 Å². The third kappa shape index (κ3) is 5.58. The van der Waals surface area contributed by atoms with Crippen LogP contribution in [0.1, 0.15) is 86.0 Å². The first-order valence-corrected chi connectivity index (χ1v) is 12.8. The Kier molecular flexibility index (Phi) is 8.11. The zero-order chi connectivity index (χ0) is 23.5. The fraction of sp³-hybridized carbons (Fsp3) is 0.690. The molecular formula is C29H44O3. The topological polar surface area (TPSA) is 46.5 Å². The Morgan fingerprint density at radius 2 is 1.88 bits per heavy atom. The Hall–Kier alpha value is -1.77. The van der Waals surface area contributed by atoms with Crippen LogP contribution in [-0.2, 0) is 4.74 Å². The number of rotatable bonds is 6. The van der Waals surface area contributed by atoms with Gasteiger partial charge in [-0.15, -0.1) is 0 Å². The average molecular weight is 441 g/mol. The molecular weight excluding hydrogens is 396 g/mol. The fourth-order valence-electron chi connectivity index (χ4n) is 6.47. The largest absolute Gasteiger partial charge is 0.506 e. The van der Waals surface area contributed by atoms with Crippen molar-refractivity contribution in [3.63, 3.8) is 0 Å². The lowest BCUT2D eigenvalue weighted by atomic mass is 9.61. The first-order valence-electron chi connectivity index (χ1n) is 12.8. The highest BCUT2D eigenvalue weighted by molar-refractivity contribution is 5.57. The van der Waals surface area contributed by atoms with Crippen molar-refractivity contribution < 1.29 is 14.6 Å². The average Bonchev–Trinajstić information content (AvgIpc) is 3.09. The molecule has 3 saturated carbocycles. The zero-order valence-electron chi connectivity index (χ0n) is 20.9. The van der Waals surface area contributed by atoms with Gasteiger partial charge in [-0.3, -0.25) is 0 Å². The minimum absolute atomic E-state index is 0.240. The van der Waals surface area contributed by atoms with Gasteiger partial charge in [-0.1, -0.05) is 76.6 Å². The molecule has 0 aliphatic heterocycles. The summed E-state index contributed by atoms with van der Waals surface area (Å²) in [7, 11) is 0. The first-order chi connectivity index (χ1) is 15.1. The molecule has 0 bridgehead atoms. The molecule has 0 spiro atoms. The van der Waals surface area contributed by atoms with Crippen LogP contribution >= 0.6 is 0 Å². The van der Waals surface area contributed by atoms with Crippen LogP contribution in [-0.4, -0.2) is 17.4 Å². The van der Waals surface area contributed by atoms with E-state index in [1.54, 1.807) is 5.57 Å². The summed E-state index contributed by atoms with van der Waals surface area (Å²) in [5.74, 6) is 3.36. The SMILES string of the molecule is C=C1CC[C@H](OC(=O)O)C/C1=C/C=C1\CCC[C@@]2(C)C1CC[C@@H]2[C@H](C)/C=C/[C@H](C)C(C)C. The van der Waals surface area contributed by atoms with E-state index < -0.39 is 6.16 Å². The molecule has 3 aliphatic carbocycles. The Morgan fingerprint density at radius 1 is 1.12 bits per heavy atom. The first kappa shape index (κ1) is 24.9. The molecule has 178 valence electrons. The third-order valence-corrected chi connectivity index (χ3v) is 8.88. The van der Waals surface area contributed by atoms with Gasteiger partial charge in [-0.2, -0.15) is 0 Å². The van der Waals surface area contributed by atoms with Gasteiger partial charge in [0.2, 0.25) is 0 Å². The molecule has 0 radical (unpaired) electrons. The Morgan fingerprint density at radius 3 is 2.56 bits per heavy atom. The van der Waals surface area contributed by atoms with E-state index in [4.69, 9.17) is 9.84 Å². The molecule has 3 fully saturated rings. The summed E-state index contributed by atoms with van der Waals surface area (Å²) in [6.07, 6.45) is 16.7. The van der Waals surface area contributed by atoms with E-state index in [1.165, 1.54) is 32.1 Å². The second-order valence-corrected chi connectivity index (χ2v) is 11.2. The van der Waals surface area contributed by atoms with Crippen molar-refractivity contribution in [1.82, 2.24) is 0 Å². The highest BCUT2D eigenvalue weighted by atomic mass is 16.7. The second kappa shape index (κ2) is 10.4. The Balaban J connectivity index is 1.74. The van der Waals surface area contributed by atoms with E-state index in [0.717, 1.165) is 29.9 Å². The molecule has 0 aromatic rings. The van der Waals surface area contributed by atoms with Crippen LogP contribution in [0.25, 0.3) is 0 Å². The smallest absolute Gasteiger partial charge is 0.450 e. The van der Waals surface area contributed by atoms with E-state index in [9.17, 15) is 4.79 Å². The molecule has 32 heavy (non-hydrogen) atoms. The van der Waals surface area contributed by atoms with E-state index in [0.29, 0.717) is 35.5 Å². The van der Waals surface area contributed by atoms with Crippen LogP contribution in [0.15, 0.2) is 47.6 Å². The quantitative estimate of drug-likeness (QED) is 0.333. The van der Waals surface area contributed by atoms with E-state index >= 15 is 0 Å². The molecule has 6 atom stereocenters. The number of carbonyl (C=O) groups is 1. The van der Waals surface area contributed by atoms with Gasteiger partial charge < -0.3 is 9.84 Å². The fourth-order valence-corrected chi connectivity index (χ4v) is 6.47. The van der Waals surface area contributed by atoms with Gasteiger partial charge in [0.15, 0.2) is 0 Å². The molecule has 3 rings (SSSR count). The van der Waals surface area contributed by atoms with Crippen molar-refractivity contribution in [2.24, 2.45) is 35.0 Å². The van der Waals surface area contributed by atoms with Crippen molar-refractivity contribution in [1.29, 1.82) is 0 Å². The predicted molar refractivity (Wildman–Crippen MR) is 133 cm³/mol. The number of allylic oxidation sites excluding steroid dienone is 6. The Labute approximate surface area is 195 Å². The van der Waals surface area contributed by atoms with E-state index in [1.807, 2.05) is 0 Å². The van der Waals surface area contributed by atoms with Crippen LogP contribution in [0.5, 0.6) is 0 Å². The maximum atomic E-state index is 10.9. The molecule has 3 nitrogen and oxygen atoms in total. The highest BCUT2D eigenvalue weighted by Crippen LogP contribution is 2.59. The van der Waals surface area contributed by atoms with Gasteiger partial charge in [0.05, 0.1) is 0 Å². The maximum Gasteiger partial charge on any atom is 0.506 e. The number of carboxylic acid groups (broad SMARTS) is 1. The third-order valence-electron chi connectivity index (χ3n) is 8.88. The lowest BCUT2D eigenvalue weighted by Crippen LogP contribution is -2.35. The number of hydrogen-bond donors (Lipinski definition) is 1. The van der Waals surface area contributed by atoms with E-state index in [2.05, 4.69) is 65.5 Å². The van der Waals surface area contributed by atoms with Crippen molar-refractivity contribution >= 4 is 6.16 Å². The summed E-state index contributed by atoms with van der Waals surface area (Å²) < 4.78 is 5.05. The monoisotopic (exact) mass is 440 g/mol. The van der Waals surface area contributed by atoms with Gasteiger partial charge in [-0.05, 0) is 85.5 Å². The van der Waals surface area contributed by atoms with Crippen LogP contribution < -0.4 is 0 Å². The Bertz CT molecular complexity index is 786. The molecule has 3 heteroatoms. The molecule has 1 N–H and O–H groups in total. The van der Waals surface area contributed by atoms with Gasteiger partial charge in [0.25, 0.3) is 0 Å². The summed E-state index contributed by atoms with van der Waals surface area (Å²) in [4.78, 5) is 10.9. The molecule has 1 unspecified atom stereocenters. The zero-order valence-corrected chi connectivity index (χ0v) is 20.9. The minimum Gasteiger partial charge on any atom is -0.450 e. The van der Waals surface area contributed by atoms with Gasteiger partial charge in [0, 0.05) is 6.42 Å². The number of hydrogen-bond acceptors (Lipinski definition) is 2.